The molecule has 0 saturated carbocycles. The highest BCUT2D eigenvalue weighted by Crippen LogP contribution is 2.33. The summed E-state index contributed by atoms with van der Waals surface area (Å²) in [5, 5.41) is 9.75. The van der Waals surface area contributed by atoms with E-state index in [1.165, 1.54) is 6.07 Å². The molecule has 1 N–H and O–H groups in total. The van der Waals surface area contributed by atoms with Crippen LogP contribution in [0.2, 0.25) is 0 Å². The lowest BCUT2D eigenvalue weighted by molar-refractivity contribution is 0.180. The van der Waals surface area contributed by atoms with Gasteiger partial charge in [0.05, 0.1) is 6.10 Å². The van der Waals surface area contributed by atoms with Crippen molar-refractivity contribution in [3.8, 4) is 5.75 Å². The Bertz CT molecular complexity index is 642. The fraction of sp³-hybridized carbons (Fsp3) is 0.250. The van der Waals surface area contributed by atoms with Crippen LogP contribution in [0.1, 0.15) is 29.2 Å². The number of halogens is 2. The Hall–Kier alpha value is -1.39. The van der Waals surface area contributed by atoms with Crippen molar-refractivity contribution in [2.24, 2.45) is 0 Å². The maximum Gasteiger partial charge on any atom is 0.130 e. The van der Waals surface area contributed by atoms with Crippen LogP contribution in [0.5, 0.6) is 5.75 Å². The summed E-state index contributed by atoms with van der Waals surface area (Å²) in [4.78, 5) is 0. The molecule has 0 fully saturated rings. The van der Waals surface area contributed by atoms with Crippen molar-refractivity contribution in [3.63, 3.8) is 0 Å². The van der Waals surface area contributed by atoms with Crippen molar-refractivity contribution in [2.45, 2.75) is 25.6 Å². The van der Waals surface area contributed by atoms with E-state index in [2.05, 4.69) is 15.9 Å². The molecule has 4 heteroatoms. The first kappa shape index (κ1) is 13.6. The zero-order valence-electron chi connectivity index (χ0n) is 10.8. The Morgan fingerprint density at radius 2 is 2.10 bits per heavy atom. The normalized spacial score (nSPS) is 17.1. The van der Waals surface area contributed by atoms with Crippen molar-refractivity contribution in [1.82, 2.24) is 0 Å². The number of benzene rings is 2. The molecule has 2 nitrogen and oxygen atoms in total. The molecule has 0 aromatic heterocycles. The van der Waals surface area contributed by atoms with Gasteiger partial charge in [0.25, 0.3) is 0 Å². The summed E-state index contributed by atoms with van der Waals surface area (Å²) in [5.41, 5.74) is 2.62. The average Bonchev–Trinajstić information content (AvgIpc) is 2.79. The summed E-state index contributed by atoms with van der Waals surface area (Å²) in [6.45, 7) is 0.195. The van der Waals surface area contributed by atoms with Gasteiger partial charge in [0.1, 0.15) is 18.2 Å². The summed E-state index contributed by atoms with van der Waals surface area (Å²) in [6, 6.07) is 10.6. The van der Waals surface area contributed by atoms with Crippen LogP contribution in [-0.2, 0) is 13.0 Å². The van der Waals surface area contributed by atoms with Crippen molar-refractivity contribution >= 4 is 15.9 Å². The predicted octanol–water partition coefficient (Wildman–Crippen LogP) is 4.15. The Morgan fingerprint density at radius 3 is 2.90 bits per heavy atom. The van der Waals surface area contributed by atoms with E-state index in [0.717, 1.165) is 24.0 Å². The molecule has 0 bridgehead atoms. The maximum absolute atomic E-state index is 13.7. The first-order valence-corrected chi connectivity index (χ1v) is 7.30. The highest BCUT2D eigenvalue weighted by Gasteiger charge is 2.20. The topological polar surface area (TPSA) is 29.5 Å². The molecule has 104 valence electrons. The monoisotopic (exact) mass is 336 g/mol. The lowest BCUT2D eigenvalue weighted by Gasteiger charge is -2.10. The third-order valence-corrected chi connectivity index (χ3v) is 4.06. The average molecular weight is 337 g/mol. The van der Waals surface area contributed by atoms with E-state index in [4.69, 9.17) is 4.74 Å². The Morgan fingerprint density at radius 1 is 1.25 bits per heavy atom. The van der Waals surface area contributed by atoms with Gasteiger partial charge in [0.15, 0.2) is 0 Å². The Labute approximate surface area is 125 Å². The van der Waals surface area contributed by atoms with Crippen LogP contribution in [0.25, 0.3) is 0 Å². The van der Waals surface area contributed by atoms with Crippen LogP contribution in [0, 0.1) is 5.82 Å². The minimum Gasteiger partial charge on any atom is -0.489 e. The van der Waals surface area contributed by atoms with E-state index in [0.29, 0.717) is 15.8 Å². The van der Waals surface area contributed by atoms with Crippen LogP contribution < -0.4 is 4.74 Å². The predicted molar refractivity (Wildman–Crippen MR) is 78.2 cm³/mol. The highest BCUT2D eigenvalue weighted by molar-refractivity contribution is 9.10. The number of aliphatic hydroxyl groups is 1. The van der Waals surface area contributed by atoms with Gasteiger partial charge in [-0.05, 0) is 48.2 Å². The number of fused-ring (bicyclic) bond motifs is 1. The lowest BCUT2D eigenvalue weighted by Crippen LogP contribution is -1.99. The molecule has 0 radical (unpaired) electrons. The molecule has 3 rings (SSSR count). The van der Waals surface area contributed by atoms with E-state index in [1.54, 1.807) is 12.1 Å². The SMILES string of the molecule is OC1CCc2cc(OCc3ccc(Br)cc3F)ccc21. The second kappa shape index (κ2) is 5.54. The molecule has 0 aliphatic heterocycles. The quantitative estimate of drug-likeness (QED) is 0.912. The third kappa shape index (κ3) is 2.72. The van der Waals surface area contributed by atoms with Gasteiger partial charge in [-0.2, -0.15) is 0 Å². The van der Waals surface area contributed by atoms with Crippen LogP contribution in [0.15, 0.2) is 40.9 Å². The van der Waals surface area contributed by atoms with Gasteiger partial charge in [-0.15, -0.1) is 0 Å². The molecule has 2 aromatic carbocycles. The molecular weight excluding hydrogens is 323 g/mol. The zero-order chi connectivity index (χ0) is 14.1. The van der Waals surface area contributed by atoms with Crippen molar-refractivity contribution in [1.29, 1.82) is 0 Å². The molecule has 1 aliphatic carbocycles. The van der Waals surface area contributed by atoms with Gasteiger partial charge in [-0.25, -0.2) is 4.39 Å². The summed E-state index contributed by atoms with van der Waals surface area (Å²) in [6.07, 6.45) is 1.27. The molecule has 1 unspecified atom stereocenters. The molecule has 0 spiro atoms. The summed E-state index contributed by atoms with van der Waals surface area (Å²) in [7, 11) is 0. The number of aryl methyl sites for hydroxylation is 1. The second-order valence-electron chi connectivity index (χ2n) is 4.94. The Kier molecular flexibility index (Phi) is 3.76. The second-order valence-corrected chi connectivity index (χ2v) is 5.86. The fourth-order valence-electron chi connectivity index (χ4n) is 2.46. The smallest absolute Gasteiger partial charge is 0.130 e. The van der Waals surface area contributed by atoms with Crippen molar-refractivity contribution in [3.05, 3.63) is 63.4 Å². The number of rotatable bonds is 3. The van der Waals surface area contributed by atoms with Crippen molar-refractivity contribution in [2.75, 3.05) is 0 Å². The van der Waals surface area contributed by atoms with E-state index >= 15 is 0 Å². The fourth-order valence-corrected chi connectivity index (χ4v) is 2.79. The summed E-state index contributed by atoms with van der Waals surface area (Å²) < 4.78 is 20.0. The number of aliphatic hydroxyl groups excluding tert-OH is 1. The van der Waals surface area contributed by atoms with Gasteiger partial charge in [-0.1, -0.05) is 28.1 Å². The molecule has 0 amide bonds. The van der Waals surface area contributed by atoms with Crippen molar-refractivity contribution < 1.29 is 14.2 Å². The van der Waals surface area contributed by atoms with E-state index < -0.39 is 0 Å². The standard InChI is InChI=1S/C16H14BrFO2/c17-12-3-1-11(15(18)8-12)9-20-13-4-5-14-10(7-13)2-6-16(14)19/h1,3-5,7-8,16,19H,2,6,9H2. The zero-order valence-corrected chi connectivity index (χ0v) is 12.4. The van der Waals surface area contributed by atoms with E-state index in [9.17, 15) is 9.50 Å². The molecule has 2 aromatic rings. The van der Waals surface area contributed by atoms with Gasteiger partial charge in [0, 0.05) is 10.0 Å². The first-order chi connectivity index (χ1) is 9.63. The van der Waals surface area contributed by atoms with Crippen LogP contribution in [-0.4, -0.2) is 5.11 Å². The van der Waals surface area contributed by atoms with Gasteiger partial charge in [0.2, 0.25) is 0 Å². The molecular formula is C16H14BrFO2. The minimum absolute atomic E-state index is 0.195. The van der Waals surface area contributed by atoms with Crippen LogP contribution >= 0.6 is 15.9 Å². The number of ether oxygens (including phenoxy) is 1. The maximum atomic E-state index is 13.7. The molecule has 20 heavy (non-hydrogen) atoms. The molecule has 1 atom stereocenters. The summed E-state index contributed by atoms with van der Waals surface area (Å²) in [5.74, 6) is 0.427. The van der Waals surface area contributed by atoms with Gasteiger partial charge < -0.3 is 9.84 Å². The lowest BCUT2D eigenvalue weighted by atomic mass is 10.1. The highest BCUT2D eigenvalue weighted by atomic mass is 79.9. The molecule has 1 aliphatic rings. The summed E-state index contributed by atoms with van der Waals surface area (Å²) >= 11 is 3.23. The van der Waals surface area contributed by atoms with Crippen LogP contribution in [0.4, 0.5) is 4.39 Å². The molecule has 0 saturated heterocycles. The molecule has 0 heterocycles. The third-order valence-electron chi connectivity index (χ3n) is 3.57. The van der Waals surface area contributed by atoms with E-state index in [-0.39, 0.29) is 18.5 Å². The minimum atomic E-state index is -0.358. The van der Waals surface area contributed by atoms with Gasteiger partial charge in [-0.3, -0.25) is 0 Å². The first-order valence-electron chi connectivity index (χ1n) is 6.51. The van der Waals surface area contributed by atoms with Crippen LogP contribution in [0.3, 0.4) is 0 Å². The number of hydrogen-bond acceptors (Lipinski definition) is 2. The largest absolute Gasteiger partial charge is 0.489 e. The Balaban J connectivity index is 1.73. The van der Waals surface area contributed by atoms with E-state index in [1.807, 2.05) is 18.2 Å². The van der Waals surface area contributed by atoms with Gasteiger partial charge >= 0.3 is 0 Å². The number of hydrogen-bond donors (Lipinski definition) is 1.